The van der Waals surface area contributed by atoms with Crippen molar-refractivity contribution in [2.24, 2.45) is 0 Å². The summed E-state index contributed by atoms with van der Waals surface area (Å²) in [4.78, 5) is 21.5. The number of aromatic nitrogens is 2. The third-order valence-electron chi connectivity index (χ3n) is 5.68. The second kappa shape index (κ2) is 9.45. The third-order valence-corrected chi connectivity index (χ3v) is 7.51. The first kappa shape index (κ1) is 21.3. The Labute approximate surface area is 182 Å². The number of hydrogen-bond acceptors (Lipinski definition) is 4. The smallest absolute Gasteiger partial charge is 0.260 e. The van der Waals surface area contributed by atoms with E-state index in [1.807, 2.05) is 60.7 Å². The lowest BCUT2D eigenvalue weighted by Crippen LogP contribution is -2.37. The van der Waals surface area contributed by atoms with Crippen LogP contribution in [0.2, 0.25) is 0 Å². The van der Waals surface area contributed by atoms with Gasteiger partial charge in [0.15, 0.2) is 5.03 Å². The fourth-order valence-electron chi connectivity index (χ4n) is 4.01. The van der Waals surface area contributed by atoms with Gasteiger partial charge in [0.2, 0.25) is 5.91 Å². The molecule has 162 valence electrons. The molecule has 1 fully saturated rings. The molecule has 2 aromatic carbocycles. The number of aromatic amines is 1. The molecule has 4 rings (SSSR count). The molecule has 1 aliphatic heterocycles. The van der Waals surface area contributed by atoms with Gasteiger partial charge in [-0.15, -0.1) is 0 Å². The van der Waals surface area contributed by atoms with E-state index >= 15 is 0 Å². The maximum Gasteiger partial charge on any atom is 0.260 e. The minimum absolute atomic E-state index is 0.0389. The number of rotatable bonds is 6. The minimum Gasteiger partial charge on any atom is -0.341 e. The molecule has 3 aromatic rings. The molecule has 7 nitrogen and oxygen atoms in total. The Hall–Kier alpha value is -2.97. The van der Waals surface area contributed by atoms with Crippen molar-refractivity contribution in [2.45, 2.75) is 23.8 Å². The summed E-state index contributed by atoms with van der Waals surface area (Å²) in [6.45, 7) is 1.58. The average molecular weight is 439 g/mol. The Morgan fingerprint density at radius 2 is 1.58 bits per heavy atom. The van der Waals surface area contributed by atoms with Crippen LogP contribution in [0.4, 0.5) is 0 Å². The Kier molecular flexibility index (Phi) is 6.48. The zero-order valence-electron chi connectivity index (χ0n) is 17.2. The van der Waals surface area contributed by atoms with E-state index in [0.717, 1.165) is 11.1 Å². The molecule has 2 heterocycles. The van der Waals surface area contributed by atoms with E-state index in [0.29, 0.717) is 32.5 Å². The van der Waals surface area contributed by atoms with Crippen molar-refractivity contribution < 1.29 is 13.2 Å². The lowest BCUT2D eigenvalue weighted by Gasteiger charge is -2.25. The molecule has 0 spiro atoms. The molecule has 0 unspecified atom stereocenters. The molecule has 0 radical (unpaired) electrons. The molecule has 0 bridgehead atoms. The summed E-state index contributed by atoms with van der Waals surface area (Å²) in [5.41, 5.74) is 2.20. The molecule has 31 heavy (non-hydrogen) atoms. The predicted molar refractivity (Wildman–Crippen MR) is 118 cm³/mol. The second-order valence-corrected chi connectivity index (χ2v) is 9.54. The second-order valence-electron chi connectivity index (χ2n) is 7.63. The van der Waals surface area contributed by atoms with Crippen LogP contribution in [0.15, 0.2) is 78.2 Å². The molecule has 1 aliphatic rings. The fourth-order valence-corrected chi connectivity index (χ4v) is 5.37. The van der Waals surface area contributed by atoms with Crippen LogP contribution in [0.5, 0.6) is 0 Å². The maximum absolute atomic E-state index is 13.2. The average Bonchev–Trinajstić information content (AvgIpc) is 3.24. The third kappa shape index (κ3) is 4.86. The molecule has 0 aliphatic carbocycles. The Bertz CT molecular complexity index is 1050. The summed E-state index contributed by atoms with van der Waals surface area (Å²) in [6.07, 6.45) is 3.61. The molecule has 0 saturated carbocycles. The van der Waals surface area contributed by atoms with Crippen molar-refractivity contribution in [1.29, 1.82) is 0 Å². The molecule has 1 N–H and O–H groups in total. The molecule has 1 amide bonds. The van der Waals surface area contributed by atoms with E-state index in [4.69, 9.17) is 0 Å². The van der Waals surface area contributed by atoms with Gasteiger partial charge in [0.05, 0.1) is 12.5 Å². The standard InChI is InChI=1S/C23H26N4O3S/c28-23(16-21(19-8-3-1-4-9-19)20-10-5-2-6-11-20)26-12-7-13-27(15-14-26)31(29,30)22-17-24-18-25-22/h1-6,8-11,17-18,21H,7,12-16H2,(H,24,25). The van der Waals surface area contributed by atoms with E-state index in [1.165, 1.54) is 16.8 Å². The lowest BCUT2D eigenvalue weighted by atomic mass is 9.88. The minimum atomic E-state index is -3.62. The summed E-state index contributed by atoms with van der Waals surface area (Å²) in [5, 5.41) is 0.0838. The van der Waals surface area contributed by atoms with E-state index in [-0.39, 0.29) is 23.4 Å². The van der Waals surface area contributed by atoms with Gasteiger partial charge in [0, 0.05) is 38.5 Å². The van der Waals surface area contributed by atoms with Crippen LogP contribution in [0, 0.1) is 0 Å². The normalized spacial score (nSPS) is 15.7. The van der Waals surface area contributed by atoms with Crippen molar-refractivity contribution in [2.75, 3.05) is 26.2 Å². The van der Waals surface area contributed by atoms with E-state index in [2.05, 4.69) is 9.97 Å². The fraction of sp³-hybridized carbons (Fsp3) is 0.304. The first-order chi connectivity index (χ1) is 15.1. The molecule has 8 heteroatoms. The van der Waals surface area contributed by atoms with Crippen LogP contribution in [0.3, 0.4) is 0 Å². The lowest BCUT2D eigenvalue weighted by molar-refractivity contribution is -0.131. The summed E-state index contributed by atoms with van der Waals surface area (Å²) < 4.78 is 27.0. The number of hydrogen-bond donors (Lipinski definition) is 1. The van der Waals surface area contributed by atoms with Crippen molar-refractivity contribution >= 4 is 15.9 Å². The highest BCUT2D eigenvalue weighted by atomic mass is 32.2. The van der Waals surface area contributed by atoms with Gasteiger partial charge >= 0.3 is 0 Å². The van der Waals surface area contributed by atoms with E-state index in [9.17, 15) is 13.2 Å². The van der Waals surface area contributed by atoms with Crippen LogP contribution in [-0.4, -0.2) is 59.7 Å². The van der Waals surface area contributed by atoms with Crippen molar-refractivity contribution in [1.82, 2.24) is 19.2 Å². The molecule has 0 atom stereocenters. The number of amides is 1. The summed E-state index contributed by atoms with van der Waals surface area (Å²) in [7, 11) is -3.62. The van der Waals surface area contributed by atoms with Crippen LogP contribution >= 0.6 is 0 Å². The van der Waals surface area contributed by atoms with Crippen molar-refractivity contribution in [3.05, 3.63) is 84.3 Å². The van der Waals surface area contributed by atoms with Crippen molar-refractivity contribution in [3.8, 4) is 0 Å². The Balaban J connectivity index is 1.47. The van der Waals surface area contributed by atoms with Gasteiger partial charge in [-0.2, -0.15) is 4.31 Å². The number of imidazole rings is 1. The van der Waals surface area contributed by atoms with Crippen LogP contribution in [-0.2, 0) is 14.8 Å². The highest BCUT2D eigenvalue weighted by molar-refractivity contribution is 7.89. The molecule has 1 aromatic heterocycles. The first-order valence-corrected chi connectivity index (χ1v) is 11.9. The summed E-state index contributed by atoms with van der Waals surface area (Å²) in [6, 6.07) is 20.1. The van der Waals surface area contributed by atoms with Crippen molar-refractivity contribution in [3.63, 3.8) is 0 Å². The number of carbonyl (C=O) groups excluding carboxylic acids is 1. The number of sulfonamides is 1. The number of H-pyrrole nitrogens is 1. The Morgan fingerprint density at radius 1 is 0.935 bits per heavy atom. The highest BCUT2D eigenvalue weighted by Crippen LogP contribution is 2.29. The number of nitrogens with zero attached hydrogens (tertiary/aromatic N) is 3. The number of nitrogens with one attached hydrogen (secondary N) is 1. The highest BCUT2D eigenvalue weighted by Gasteiger charge is 2.30. The van der Waals surface area contributed by atoms with Gasteiger partial charge in [-0.25, -0.2) is 13.4 Å². The van der Waals surface area contributed by atoms with Crippen LogP contribution in [0.25, 0.3) is 0 Å². The topological polar surface area (TPSA) is 86.4 Å². The first-order valence-electron chi connectivity index (χ1n) is 10.4. The monoisotopic (exact) mass is 438 g/mol. The predicted octanol–water partition coefficient (Wildman–Crippen LogP) is 2.85. The number of benzene rings is 2. The number of carbonyl (C=O) groups is 1. The Morgan fingerprint density at radius 3 is 2.16 bits per heavy atom. The zero-order chi connectivity index (χ0) is 21.7. The van der Waals surface area contributed by atoms with E-state index in [1.54, 1.807) is 4.90 Å². The van der Waals surface area contributed by atoms with Gasteiger partial charge in [0.1, 0.15) is 0 Å². The van der Waals surface area contributed by atoms with E-state index < -0.39 is 10.0 Å². The maximum atomic E-state index is 13.2. The van der Waals surface area contributed by atoms with Gasteiger partial charge in [0.25, 0.3) is 10.0 Å². The largest absolute Gasteiger partial charge is 0.341 e. The SMILES string of the molecule is O=C(CC(c1ccccc1)c1ccccc1)N1CCCN(S(=O)(=O)c2cnc[nH]2)CC1. The van der Waals surface area contributed by atoms with Gasteiger partial charge in [-0.3, -0.25) is 4.79 Å². The van der Waals surface area contributed by atoms with Gasteiger partial charge in [-0.1, -0.05) is 60.7 Å². The molecule has 1 saturated heterocycles. The van der Waals surface area contributed by atoms with Gasteiger partial charge < -0.3 is 9.88 Å². The molecular weight excluding hydrogens is 412 g/mol. The summed E-state index contributed by atoms with van der Waals surface area (Å²) in [5.74, 6) is 0.00137. The quantitative estimate of drug-likeness (QED) is 0.641. The summed E-state index contributed by atoms with van der Waals surface area (Å²) >= 11 is 0. The van der Waals surface area contributed by atoms with Crippen LogP contribution < -0.4 is 0 Å². The zero-order valence-corrected chi connectivity index (χ0v) is 18.0. The van der Waals surface area contributed by atoms with Gasteiger partial charge in [-0.05, 0) is 17.5 Å². The van der Waals surface area contributed by atoms with Crippen LogP contribution in [0.1, 0.15) is 29.9 Å². The molecular formula is C23H26N4O3S.